The van der Waals surface area contributed by atoms with Crippen molar-refractivity contribution in [2.75, 3.05) is 25.9 Å². The number of benzene rings is 1. The molecule has 108 valence electrons. The molecule has 0 unspecified atom stereocenters. The van der Waals surface area contributed by atoms with Gasteiger partial charge >= 0.3 is 0 Å². The molecule has 0 aromatic heterocycles. The number of methoxy groups -OCH3 is 1. The first-order chi connectivity index (χ1) is 9.51. The van der Waals surface area contributed by atoms with Crippen LogP contribution >= 0.6 is 0 Å². The zero-order chi connectivity index (χ0) is 15.1. The number of para-hydroxylation sites is 1. The summed E-state index contributed by atoms with van der Waals surface area (Å²) in [5, 5.41) is 8.71. The number of carbonyl (C=O) groups is 1. The lowest BCUT2D eigenvalue weighted by Gasteiger charge is -2.24. The molecular formula is C15H21N3O2. The molecule has 0 spiro atoms. The van der Waals surface area contributed by atoms with E-state index >= 15 is 0 Å². The fourth-order valence-electron chi connectivity index (χ4n) is 1.98. The molecule has 0 aliphatic heterocycles. The molecule has 0 aliphatic carbocycles. The highest BCUT2D eigenvalue weighted by Gasteiger charge is 2.20. The van der Waals surface area contributed by atoms with Gasteiger partial charge in [0.2, 0.25) is 0 Å². The molecule has 1 amide bonds. The molecule has 0 atom stereocenters. The second kappa shape index (κ2) is 7.39. The lowest BCUT2D eigenvalue weighted by molar-refractivity contribution is 0.0740. The summed E-state index contributed by atoms with van der Waals surface area (Å²) in [6.45, 7) is 5.06. The van der Waals surface area contributed by atoms with Crippen molar-refractivity contribution < 1.29 is 9.53 Å². The molecular weight excluding hydrogens is 254 g/mol. The van der Waals surface area contributed by atoms with E-state index < -0.39 is 0 Å². The van der Waals surface area contributed by atoms with E-state index in [1.165, 1.54) is 7.11 Å². The fraction of sp³-hybridized carbons (Fsp3) is 0.467. The number of nitrogen functional groups attached to an aromatic ring is 1. The second-order valence-corrected chi connectivity index (χ2v) is 4.97. The molecule has 0 fully saturated rings. The van der Waals surface area contributed by atoms with E-state index in [-0.39, 0.29) is 5.91 Å². The highest BCUT2D eigenvalue weighted by Crippen LogP contribution is 2.26. The molecule has 20 heavy (non-hydrogen) atoms. The second-order valence-electron chi connectivity index (χ2n) is 4.97. The Morgan fingerprint density at radius 1 is 1.50 bits per heavy atom. The highest BCUT2D eigenvalue weighted by atomic mass is 16.5. The lowest BCUT2D eigenvalue weighted by Crippen LogP contribution is -2.35. The number of hydrogen-bond donors (Lipinski definition) is 1. The van der Waals surface area contributed by atoms with E-state index in [2.05, 4.69) is 6.07 Å². The Morgan fingerprint density at radius 3 is 2.75 bits per heavy atom. The number of amides is 1. The van der Waals surface area contributed by atoms with Gasteiger partial charge in [0.25, 0.3) is 5.91 Å². The van der Waals surface area contributed by atoms with Crippen molar-refractivity contribution in [3.05, 3.63) is 23.8 Å². The van der Waals surface area contributed by atoms with E-state index in [0.29, 0.717) is 42.4 Å². The molecule has 1 aromatic carbocycles. The number of anilines is 1. The Balaban J connectivity index is 3.02. The Morgan fingerprint density at radius 2 is 2.20 bits per heavy atom. The van der Waals surface area contributed by atoms with Crippen molar-refractivity contribution in [3.8, 4) is 11.8 Å². The smallest absolute Gasteiger partial charge is 0.256 e. The zero-order valence-corrected chi connectivity index (χ0v) is 12.2. The molecule has 1 rings (SSSR count). The SMILES string of the molecule is COc1cccc(C(=O)N(CCC#N)CC(C)C)c1N. The van der Waals surface area contributed by atoms with Gasteiger partial charge < -0.3 is 15.4 Å². The third-order valence-corrected chi connectivity index (χ3v) is 2.88. The first kappa shape index (κ1) is 15.8. The van der Waals surface area contributed by atoms with Gasteiger partial charge in [0.05, 0.1) is 30.9 Å². The average Bonchev–Trinajstić information content (AvgIpc) is 2.42. The molecule has 0 saturated carbocycles. The van der Waals surface area contributed by atoms with Gasteiger partial charge in [-0.3, -0.25) is 4.79 Å². The number of carbonyl (C=O) groups excluding carboxylic acids is 1. The molecule has 0 aliphatic rings. The number of hydrogen-bond acceptors (Lipinski definition) is 4. The number of rotatable bonds is 6. The van der Waals surface area contributed by atoms with Crippen molar-refractivity contribution in [2.24, 2.45) is 5.92 Å². The highest BCUT2D eigenvalue weighted by molar-refractivity contribution is 6.00. The van der Waals surface area contributed by atoms with Gasteiger partial charge in [-0.05, 0) is 18.1 Å². The van der Waals surface area contributed by atoms with E-state index in [9.17, 15) is 4.79 Å². The summed E-state index contributed by atoms with van der Waals surface area (Å²) in [6.07, 6.45) is 0.308. The molecule has 0 bridgehead atoms. The average molecular weight is 275 g/mol. The van der Waals surface area contributed by atoms with Crippen LogP contribution in [-0.4, -0.2) is 31.0 Å². The van der Waals surface area contributed by atoms with Crippen LogP contribution in [0.15, 0.2) is 18.2 Å². The maximum Gasteiger partial charge on any atom is 0.256 e. The molecule has 0 heterocycles. The van der Waals surface area contributed by atoms with Gasteiger partial charge in [-0.2, -0.15) is 5.26 Å². The number of nitrogens with two attached hydrogens (primary N) is 1. The minimum absolute atomic E-state index is 0.162. The maximum atomic E-state index is 12.6. The number of ether oxygens (including phenoxy) is 1. The number of nitriles is 1. The van der Waals surface area contributed by atoms with E-state index in [1.54, 1.807) is 23.1 Å². The predicted molar refractivity (Wildman–Crippen MR) is 78.4 cm³/mol. The van der Waals surface area contributed by atoms with Crippen LogP contribution < -0.4 is 10.5 Å². The van der Waals surface area contributed by atoms with E-state index in [0.717, 1.165) is 0 Å². The summed E-state index contributed by atoms with van der Waals surface area (Å²) in [5.41, 5.74) is 6.71. The standard InChI is InChI=1S/C15H21N3O2/c1-11(2)10-18(9-5-8-16)15(19)12-6-4-7-13(20-3)14(12)17/h4,6-7,11H,5,9-10,17H2,1-3H3. The van der Waals surface area contributed by atoms with Crippen LogP contribution in [0.2, 0.25) is 0 Å². The minimum atomic E-state index is -0.162. The van der Waals surface area contributed by atoms with Crippen LogP contribution in [0.3, 0.4) is 0 Å². The van der Waals surface area contributed by atoms with Gasteiger partial charge in [0.15, 0.2) is 0 Å². The Labute approximate surface area is 119 Å². The first-order valence-corrected chi connectivity index (χ1v) is 6.60. The summed E-state index contributed by atoms with van der Waals surface area (Å²) in [4.78, 5) is 14.2. The Kier molecular flexibility index (Phi) is 5.85. The predicted octanol–water partition coefficient (Wildman–Crippen LogP) is 2.29. The van der Waals surface area contributed by atoms with Crippen LogP contribution in [-0.2, 0) is 0 Å². The van der Waals surface area contributed by atoms with Gasteiger partial charge in [-0.25, -0.2) is 0 Å². The summed E-state index contributed by atoms with van der Waals surface area (Å²) in [5.74, 6) is 0.649. The summed E-state index contributed by atoms with van der Waals surface area (Å²) < 4.78 is 5.13. The molecule has 0 radical (unpaired) electrons. The van der Waals surface area contributed by atoms with Gasteiger partial charge in [0.1, 0.15) is 5.75 Å². The summed E-state index contributed by atoms with van der Waals surface area (Å²) >= 11 is 0. The molecule has 2 N–H and O–H groups in total. The van der Waals surface area contributed by atoms with Crippen molar-refractivity contribution in [2.45, 2.75) is 20.3 Å². The van der Waals surface area contributed by atoms with Gasteiger partial charge in [-0.1, -0.05) is 19.9 Å². The zero-order valence-electron chi connectivity index (χ0n) is 12.2. The maximum absolute atomic E-state index is 12.6. The largest absolute Gasteiger partial charge is 0.495 e. The third-order valence-electron chi connectivity index (χ3n) is 2.88. The van der Waals surface area contributed by atoms with Crippen LogP contribution in [0.5, 0.6) is 5.75 Å². The molecule has 1 aromatic rings. The van der Waals surface area contributed by atoms with Gasteiger partial charge in [-0.15, -0.1) is 0 Å². The molecule has 0 saturated heterocycles. The van der Waals surface area contributed by atoms with Crippen LogP contribution in [0.4, 0.5) is 5.69 Å². The third kappa shape index (κ3) is 3.89. The van der Waals surface area contributed by atoms with Gasteiger partial charge in [0, 0.05) is 13.1 Å². The Hall–Kier alpha value is -2.22. The van der Waals surface area contributed by atoms with E-state index in [4.69, 9.17) is 15.7 Å². The normalized spacial score (nSPS) is 10.2. The lowest BCUT2D eigenvalue weighted by atomic mass is 10.1. The number of nitrogens with zero attached hydrogens (tertiary/aromatic N) is 2. The molecule has 5 nitrogen and oxygen atoms in total. The van der Waals surface area contributed by atoms with Crippen molar-refractivity contribution in [1.29, 1.82) is 5.26 Å². The minimum Gasteiger partial charge on any atom is -0.495 e. The van der Waals surface area contributed by atoms with Crippen molar-refractivity contribution >= 4 is 11.6 Å². The van der Waals surface area contributed by atoms with E-state index in [1.807, 2.05) is 13.8 Å². The van der Waals surface area contributed by atoms with Crippen molar-refractivity contribution in [3.63, 3.8) is 0 Å². The monoisotopic (exact) mass is 275 g/mol. The Bertz CT molecular complexity index is 506. The summed E-state index contributed by atoms with van der Waals surface area (Å²) in [7, 11) is 1.52. The van der Waals surface area contributed by atoms with Crippen LogP contribution in [0.25, 0.3) is 0 Å². The molecule has 5 heteroatoms. The van der Waals surface area contributed by atoms with Crippen LogP contribution in [0.1, 0.15) is 30.6 Å². The van der Waals surface area contributed by atoms with Crippen LogP contribution in [0, 0.1) is 17.2 Å². The van der Waals surface area contributed by atoms with Crippen molar-refractivity contribution in [1.82, 2.24) is 4.90 Å². The quantitative estimate of drug-likeness (QED) is 0.808. The fourth-order valence-corrected chi connectivity index (χ4v) is 1.98. The first-order valence-electron chi connectivity index (χ1n) is 6.60. The topological polar surface area (TPSA) is 79.3 Å². The summed E-state index contributed by atoms with van der Waals surface area (Å²) in [6, 6.07) is 7.20.